The van der Waals surface area contributed by atoms with E-state index in [0.29, 0.717) is 18.7 Å². The molecule has 0 unspecified atom stereocenters. The maximum absolute atomic E-state index is 11.7. The fourth-order valence-electron chi connectivity index (χ4n) is 2.04. The molecular weight excluding hydrogens is 289 g/mol. The van der Waals surface area contributed by atoms with Gasteiger partial charge in [0, 0.05) is 25.1 Å². The van der Waals surface area contributed by atoms with Crippen LogP contribution in [0.1, 0.15) is 22.3 Å². The molecule has 1 aliphatic heterocycles. The summed E-state index contributed by atoms with van der Waals surface area (Å²) in [4.78, 5) is 35.3. The Morgan fingerprint density at radius 2 is 1.84 bits per heavy atom. The molecule has 0 aliphatic carbocycles. The fraction of sp³-hybridized carbons (Fsp3) is 0.308. The lowest BCUT2D eigenvalue weighted by Crippen LogP contribution is -2.25. The van der Waals surface area contributed by atoms with Gasteiger partial charge in [-0.25, -0.2) is 0 Å². The molecule has 19 heavy (non-hydrogen) atoms. The first-order valence-electron chi connectivity index (χ1n) is 5.73. The smallest absolute Gasteiger partial charge is 0.252 e. The van der Waals surface area contributed by atoms with Gasteiger partial charge in [0.05, 0.1) is 5.92 Å². The molecule has 0 radical (unpaired) electrons. The van der Waals surface area contributed by atoms with E-state index in [-0.39, 0.29) is 12.3 Å². The standard InChI is InChI=1S/C13H11Cl2NO3/c14-12(18)9-3-1-8(2-4-9)6-16-7-10(13(15)19)5-11(16)17/h1-4,10H,5-7H2/t10-/m1/s1. The van der Waals surface area contributed by atoms with E-state index >= 15 is 0 Å². The molecule has 0 saturated carbocycles. The molecule has 1 fully saturated rings. The van der Waals surface area contributed by atoms with Crippen molar-refractivity contribution in [2.75, 3.05) is 6.54 Å². The molecule has 1 heterocycles. The predicted molar refractivity (Wildman–Crippen MR) is 71.0 cm³/mol. The molecule has 1 aromatic carbocycles. The van der Waals surface area contributed by atoms with E-state index in [1.54, 1.807) is 29.2 Å². The number of halogens is 2. The summed E-state index contributed by atoms with van der Waals surface area (Å²) in [6.45, 7) is 0.744. The van der Waals surface area contributed by atoms with E-state index in [4.69, 9.17) is 23.2 Å². The fourth-order valence-corrected chi connectivity index (χ4v) is 2.31. The van der Waals surface area contributed by atoms with Gasteiger partial charge in [0.25, 0.3) is 5.24 Å². The van der Waals surface area contributed by atoms with E-state index < -0.39 is 16.4 Å². The van der Waals surface area contributed by atoms with Crippen LogP contribution in [-0.2, 0) is 16.1 Å². The minimum Gasteiger partial charge on any atom is -0.338 e. The summed E-state index contributed by atoms with van der Waals surface area (Å²) in [5.41, 5.74) is 1.28. The quantitative estimate of drug-likeness (QED) is 0.801. The minimum atomic E-state index is -0.517. The summed E-state index contributed by atoms with van der Waals surface area (Å²) in [6, 6.07) is 6.68. The van der Waals surface area contributed by atoms with Gasteiger partial charge in [-0.15, -0.1) is 0 Å². The Morgan fingerprint density at radius 3 is 2.32 bits per heavy atom. The first kappa shape index (κ1) is 14.0. The number of benzene rings is 1. The number of carbonyl (C=O) groups excluding carboxylic acids is 3. The summed E-state index contributed by atoms with van der Waals surface area (Å²) < 4.78 is 0. The molecular formula is C13H11Cl2NO3. The third-order valence-corrected chi connectivity index (χ3v) is 3.62. The van der Waals surface area contributed by atoms with E-state index in [1.165, 1.54) is 0 Å². The molecule has 6 heteroatoms. The monoisotopic (exact) mass is 299 g/mol. The largest absolute Gasteiger partial charge is 0.338 e. The van der Waals surface area contributed by atoms with E-state index in [0.717, 1.165) is 5.56 Å². The Kier molecular flexibility index (Phi) is 4.22. The second-order valence-corrected chi connectivity index (χ2v) is 5.17. The Morgan fingerprint density at radius 1 is 1.21 bits per heavy atom. The lowest BCUT2D eigenvalue weighted by Gasteiger charge is -2.16. The highest BCUT2D eigenvalue weighted by Gasteiger charge is 2.33. The number of hydrogen-bond donors (Lipinski definition) is 0. The normalized spacial score (nSPS) is 18.7. The zero-order chi connectivity index (χ0) is 14.0. The van der Waals surface area contributed by atoms with Crippen molar-refractivity contribution in [3.63, 3.8) is 0 Å². The van der Waals surface area contributed by atoms with E-state index in [9.17, 15) is 14.4 Å². The van der Waals surface area contributed by atoms with Gasteiger partial charge in [-0.1, -0.05) is 12.1 Å². The van der Waals surface area contributed by atoms with Crippen molar-refractivity contribution in [2.45, 2.75) is 13.0 Å². The second kappa shape index (κ2) is 5.72. The van der Waals surface area contributed by atoms with Crippen LogP contribution in [0.5, 0.6) is 0 Å². The number of hydrogen-bond acceptors (Lipinski definition) is 3. The van der Waals surface area contributed by atoms with Gasteiger partial charge in [0.1, 0.15) is 0 Å². The van der Waals surface area contributed by atoms with Crippen molar-refractivity contribution in [1.29, 1.82) is 0 Å². The molecule has 1 aromatic rings. The average molecular weight is 300 g/mol. The minimum absolute atomic E-state index is 0.0866. The van der Waals surface area contributed by atoms with Crippen molar-refractivity contribution in [2.24, 2.45) is 5.92 Å². The van der Waals surface area contributed by atoms with Gasteiger partial charge in [0.2, 0.25) is 11.1 Å². The molecule has 1 saturated heterocycles. The molecule has 4 nitrogen and oxygen atoms in total. The van der Waals surface area contributed by atoms with Crippen LogP contribution < -0.4 is 0 Å². The van der Waals surface area contributed by atoms with Crippen LogP contribution in [0.15, 0.2) is 24.3 Å². The predicted octanol–water partition coefficient (Wildman–Crippen LogP) is 2.18. The summed E-state index contributed by atoms with van der Waals surface area (Å²) in [6.07, 6.45) is 0.167. The Balaban J connectivity index is 2.03. The highest BCUT2D eigenvalue weighted by Crippen LogP contribution is 2.22. The lowest BCUT2D eigenvalue weighted by molar-refractivity contribution is -0.128. The van der Waals surface area contributed by atoms with Crippen LogP contribution in [0.25, 0.3) is 0 Å². The van der Waals surface area contributed by atoms with Crippen molar-refractivity contribution in [3.8, 4) is 0 Å². The zero-order valence-electron chi connectivity index (χ0n) is 9.94. The average Bonchev–Trinajstić information content (AvgIpc) is 2.72. The lowest BCUT2D eigenvalue weighted by atomic mass is 10.1. The van der Waals surface area contributed by atoms with E-state index in [1.807, 2.05) is 0 Å². The zero-order valence-corrected chi connectivity index (χ0v) is 11.4. The summed E-state index contributed by atoms with van der Waals surface area (Å²) >= 11 is 10.8. The van der Waals surface area contributed by atoms with Crippen molar-refractivity contribution in [1.82, 2.24) is 4.90 Å². The van der Waals surface area contributed by atoms with Gasteiger partial charge in [-0.05, 0) is 40.9 Å². The second-order valence-electron chi connectivity index (χ2n) is 4.45. The SMILES string of the molecule is O=C(Cl)c1ccc(CN2C[C@H](C(=O)Cl)CC2=O)cc1. The van der Waals surface area contributed by atoms with Crippen molar-refractivity contribution < 1.29 is 14.4 Å². The van der Waals surface area contributed by atoms with Crippen molar-refractivity contribution in [3.05, 3.63) is 35.4 Å². The van der Waals surface area contributed by atoms with Crippen LogP contribution in [-0.4, -0.2) is 27.8 Å². The Hall–Kier alpha value is -1.39. The third kappa shape index (κ3) is 3.33. The molecule has 0 bridgehead atoms. The van der Waals surface area contributed by atoms with Crippen molar-refractivity contribution >= 4 is 39.6 Å². The van der Waals surface area contributed by atoms with Crippen LogP contribution in [0.3, 0.4) is 0 Å². The number of amides is 1. The van der Waals surface area contributed by atoms with Crippen LogP contribution in [0.2, 0.25) is 0 Å². The number of rotatable bonds is 4. The highest BCUT2D eigenvalue weighted by molar-refractivity contribution is 6.67. The van der Waals surface area contributed by atoms with Gasteiger partial charge in [-0.2, -0.15) is 0 Å². The molecule has 1 atom stereocenters. The maximum atomic E-state index is 11.7. The van der Waals surface area contributed by atoms with Crippen LogP contribution in [0.4, 0.5) is 0 Å². The number of nitrogens with zero attached hydrogens (tertiary/aromatic N) is 1. The molecule has 0 spiro atoms. The Labute approximate surface area is 120 Å². The van der Waals surface area contributed by atoms with E-state index in [2.05, 4.69) is 0 Å². The maximum Gasteiger partial charge on any atom is 0.252 e. The summed E-state index contributed by atoms with van der Waals surface area (Å²) in [7, 11) is 0. The van der Waals surface area contributed by atoms with Gasteiger partial charge in [0.15, 0.2) is 0 Å². The Bertz CT molecular complexity index is 527. The molecule has 0 N–H and O–H groups in total. The molecule has 0 aromatic heterocycles. The molecule has 1 amide bonds. The molecule has 1 aliphatic rings. The highest BCUT2D eigenvalue weighted by atomic mass is 35.5. The number of likely N-dealkylation sites (tertiary alicyclic amines) is 1. The first-order valence-corrected chi connectivity index (χ1v) is 6.49. The van der Waals surface area contributed by atoms with Crippen LogP contribution in [0, 0.1) is 5.92 Å². The molecule has 2 rings (SSSR count). The first-order chi connectivity index (χ1) is 8.97. The van der Waals surface area contributed by atoms with Gasteiger partial charge >= 0.3 is 0 Å². The number of carbonyl (C=O) groups is 3. The van der Waals surface area contributed by atoms with Gasteiger partial charge in [-0.3, -0.25) is 14.4 Å². The molecule has 100 valence electrons. The summed E-state index contributed by atoms with van der Waals surface area (Å²) in [5, 5.41) is -0.990. The van der Waals surface area contributed by atoms with Gasteiger partial charge < -0.3 is 4.90 Å². The topological polar surface area (TPSA) is 54.5 Å². The third-order valence-electron chi connectivity index (χ3n) is 3.09. The summed E-state index contributed by atoms with van der Waals surface area (Å²) in [5.74, 6) is -0.505. The van der Waals surface area contributed by atoms with Crippen LogP contribution >= 0.6 is 23.2 Å².